The number of thiazole rings is 1. The van der Waals surface area contributed by atoms with E-state index in [1.807, 2.05) is 30.3 Å². The maximum atomic E-state index is 12.0. The highest BCUT2D eigenvalue weighted by Gasteiger charge is 2.29. The fourth-order valence-electron chi connectivity index (χ4n) is 2.48. The summed E-state index contributed by atoms with van der Waals surface area (Å²) in [5.74, 6) is -0.594. The molecular weight excluding hydrogens is 356 g/mol. The van der Waals surface area contributed by atoms with Gasteiger partial charge in [0.1, 0.15) is 0 Å². The number of nitrogens with zero attached hydrogens (tertiary/aromatic N) is 2. The van der Waals surface area contributed by atoms with E-state index in [1.165, 1.54) is 11.3 Å². The van der Waals surface area contributed by atoms with E-state index in [0.29, 0.717) is 15.7 Å². The molecule has 0 bridgehead atoms. The molecule has 0 fully saturated rings. The van der Waals surface area contributed by atoms with Gasteiger partial charge >= 0.3 is 0 Å². The number of amides is 2. The van der Waals surface area contributed by atoms with E-state index in [1.54, 1.807) is 11.6 Å². The number of carbonyl (C=O) groups excluding carboxylic acids is 2. The van der Waals surface area contributed by atoms with Crippen LogP contribution in [0.5, 0.6) is 0 Å². The number of rotatable bonds is 5. The Kier molecular flexibility index (Phi) is 5.48. The average Bonchev–Trinajstić information content (AvgIpc) is 3.13. The lowest BCUT2D eigenvalue weighted by atomic mass is 9.87. The second-order valence-electron chi connectivity index (χ2n) is 5.24. The minimum Gasteiger partial charge on any atom is -0.320 e. The van der Waals surface area contributed by atoms with Gasteiger partial charge in [0.05, 0.1) is 22.4 Å². The van der Waals surface area contributed by atoms with E-state index in [-0.39, 0.29) is 29.9 Å². The summed E-state index contributed by atoms with van der Waals surface area (Å²) < 4.78 is 0. The first-order valence-corrected chi connectivity index (χ1v) is 9.35. The molecule has 1 aromatic carbocycles. The zero-order valence-corrected chi connectivity index (χ0v) is 14.7. The van der Waals surface area contributed by atoms with Crippen molar-refractivity contribution >= 4 is 40.0 Å². The zero-order chi connectivity index (χ0) is 17.6. The zero-order valence-electron chi connectivity index (χ0n) is 13.1. The Hall–Kier alpha value is -2.63. The van der Waals surface area contributed by atoms with Crippen LogP contribution >= 0.6 is 23.1 Å². The predicted molar refractivity (Wildman–Crippen MR) is 97.8 cm³/mol. The molecule has 8 heteroatoms. The van der Waals surface area contributed by atoms with Crippen molar-refractivity contribution in [3.05, 3.63) is 58.1 Å². The molecule has 0 unspecified atom stereocenters. The van der Waals surface area contributed by atoms with Gasteiger partial charge in [-0.25, -0.2) is 4.98 Å². The Morgan fingerprint density at radius 2 is 2.24 bits per heavy atom. The van der Waals surface area contributed by atoms with Gasteiger partial charge in [0.2, 0.25) is 11.8 Å². The summed E-state index contributed by atoms with van der Waals surface area (Å²) in [5.41, 5.74) is 1.40. The number of allylic oxidation sites excluding steroid dienone is 1. The van der Waals surface area contributed by atoms with Crippen molar-refractivity contribution < 1.29 is 9.59 Å². The van der Waals surface area contributed by atoms with E-state index in [0.717, 1.165) is 17.3 Å². The van der Waals surface area contributed by atoms with Crippen LogP contribution in [0.3, 0.4) is 0 Å². The number of benzene rings is 1. The van der Waals surface area contributed by atoms with Gasteiger partial charge in [0.15, 0.2) is 5.13 Å². The first-order valence-electron chi connectivity index (χ1n) is 7.48. The van der Waals surface area contributed by atoms with Gasteiger partial charge in [-0.3, -0.25) is 9.59 Å². The average molecular weight is 370 g/mol. The van der Waals surface area contributed by atoms with Gasteiger partial charge in [-0.1, -0.05) is 42.1 Å². The molecular formula is C17H14N4O2S2. The van der Waals surface area contributed by atoms with Crippen LogP contribution in [0.15, 0.2) is 52.5 Å². The second-order valence-corrected chi connectivity index (χ2v) is 7.12. The lowest BCUT2D eigenvalue weighted by Gasteiger charge is -2.24. The molecule has 2 aromatic rings. The van der Waals surface area contributed by atoms with Crippen molar-refractivity contribution in [3.8, 4) is 6.07 Å². The van der Waals surface area contributed by atoms with E-state index < -0.39 is 0 Å². The fourth-order valence-corrected chi connectivity index (χ4v) is 3.90. The maximum absolute atomic E-state index is 12.0. The molecule has 2 N–H and O–H groups in total. The third kappa shape index (κ3) is 4.26. The Bertz CT molecular complexity index is 841. The number of carbonyl (C=O) groups is 2. The molecule has 1 aliphatic heterocycles. The molecule has 1 aliphatic rings. The van der Waals surface area contributed by atoms with Crippen molar-refractivity contribution in [2.45, 2.75) is 12.3 Å². The minimum atomic E-state index is -0.288. The van der Waals surface area contributed by atoms with E-state index in [9.17, 15) is 14.9 Å². The van der Waals surface area contributed by atoms with E-state index >= 15 is 0 Å². The molecule has 0 spiro atoms. The van der Waals surface area contributed by atoms with Crippen LogP contribution in [0.25, 0.3) is 0 Å². The highest BCUT2D eigenvalue weighted by atomic mass is 32.2. The van der Waals surface area contributed by atoms with Crippen molar-refractivity contribution in [1.29, 1.82) is 5.26 Å². The molecule has 2 amide bonds. The number of aromatic nitrogens is 1. The Morgan fingerprint density at radius 1 is 1.44 bits per heavy atom. The molecule has 6 nitrogen and oxygen atoms in total. The van der Waals surface area contributed by atoms with Gasteiger partial charge in [-0.15, -0.1) is 11.3 Å². The summed E-state index contributed by atoms with van der Waals surface area (Å²) in [4.78, 5) is 28.0. The summed E-state index contributed by atoms with van der Waals surface area (Å²) in [6.07, 6.45) is 1.83. The topological polar surface area (TPSA) is 94.9 Å². The lowest BCUT2D eigenvalue weighted by molar-refractivity contribution is -0.121. The predicted octanol–water partition coefficient (Wildman–Crippen LogP) is 2.85. The van der Waals surface area contributed by atoms with Crippen LogP contribution in [-0.2, 0) is 9.59 Å². The van der Waals surface area contributed by atoms with Crippen LogP contribution in [0.4, 0.5) is 5.13 Å². The highest BCUT2D eigenvalue weighted by molar-refractivity contribution is 8.03. The van der Waals surface area contributed by atoms with E-state index in [4.69, 9.17) is 0 Å². The van der Waals surface area contributed by atoms with Crippen LogP contribution in [0.2, 0.25) is 0 Å². The number of anilines is 1. The van der Waals surface area contributed by atoms with Crippen LogP contribution < -0.4 is 10.6 Å². The third-order valence-corrected chi connectivity index (χ3v) is 5.29. The summed E-state index contributed by atoms with van der Waals surface area (Å²) >= 11 is 2.48. The van der Waals surface area contributed by atoms with Crippen LogP contribution in [-0.4, -0.2) is 22.6 Å². The molecule has 0 saturated carbocycles. The van der Waals surface area contributed by atoms with Gasteiger partial charge in [0, 0.05) is 23.9 Å². The monoisotopic (exact) mass is 370 g/mol. The van der Waals surface area contributed by atoms with Crippen molar-refractivity contribution in [2.75, 3.05) is 11.1 Å². The molecule has 1 aromatic heterocycles. The smallest absolute Gasteiger partial charge is 0.236 e. The van der Waals surface area contributed by atoms with Crippen LogP contribution in [0, 0.1) is 11.3 Å². The Labute approximate surface area is 153 Å². The number of thioether (sulfide) groups is 1. The second kappa shape index (κ2) is 7.96. The quantitative estimate of drug-likeness (QED) is 0.844. The summed E-state index contributed by atoms with van der Waals surface area (Å²) in [6, 6.07) is 11.6. The van der Waals surface area contributed by atoms with Gasteiger partial charge in [0.25, 0.3) is 0 Å². The largest absolute Gasteiger partial charge is 0.320 e. The standard InChI is InChI=1S/C17H14N4O2S2/c18-9-13-12(11-4-2-1-3-5-11)8-14(22)20-16(13)25-10-15(23)21-17-19-6-7-24-17/h1-7,12H,8,10H2,(H,20,22)(H,19,21,23)/t12-/m0/s1. The van der Waals surface area contributed by atoms with Crippen molar-refractivity contribution in [2.24, 2.45) is 0 Å². The van der Waals surface area contributed by atoms with Gasteiger partial charge < -0.3 is 10.6 Å². The minimum absolute atomic E-state index is 0.0852. The highest BCUT2D eigenvalue weighted by Crippen LogP contribution is 2.35. The fraction of sp³-hybridized carbons (Fsp3) is 0.176. The summed E-state index contributed by atoms with van der Waals surface area (Å²) in [5, 5.41) is 17.7. The first kappa shape index (κ1) is 17.2. The maximum Gasteiger partial charge on any atom is 0.236 e. The summed E-state index contributed by atoms with van der Waals surface area (Å²) in [7, 11) is 0. The normalized spacial score (nSPS) is 16.9. The van der Waals surface area contributed by atoms with Crippen LogP contribution in [0.1, 0.15) is 17.9 Å². The van der Waals surface area contributed by atoms with Gasteiger partial charge in [-0.2, -0.15) is 5.26 Å². The molecule has 0 aliphatic carbocycles. The number of hydrogen-bond acceptors (Lipinski definition) is 6. The number of nitriles is 1. The summed E-state index contributed by atoms with van der Waals surface area (Å²) in [6.45, 7) is 0. The third-order valence-electron chi connectivity index (χ3n) is 3.58. The SMILES string of the molecule is N#CC1=C(SCC(=O)Nc2nccs2)NC(=O)C[C@H]1c1ccccc1. The van der Waals surface area contributed by atoms with Crippen molar-refractivity contribution in [1.82, 2.24) is 10.3 Å². The number of hydrogen-bond donors (Lipinski definition) is 2. The molecule has 126 valence electrons. The molecule has 2 heterocycles. The van der Waals surface area contributed by atoms with E-state index in [2.05, 4.69) is 21.7 Å². The Balaban J connectivity index is 1.75. The molecule has 25 heavy (non-hydrogen) atoms. The molecule has 1 atom stereocenters. The van der Waals surface area contributed by atoms with Crippen molar-refractivity contribution in [3.63, 3.8) is 0 Å². The van der Waals surface area contributed by atoms with Gasteiger partial charge in [-0.05, 0) is 5.56 Å². The molecule has 0 radical (unpaired) electrons. The lowest BCUT2D eigenvalue weighted by Crippen LogP contribution is -2.31. The first-order chi connectivity index (χ1) is 12.2. The number of nitrogens with one attached hydrogen (secondary N) is 2. The Morgan fingerprint density at radius 3 is 2.92 bits per heavy atom. The molecule has 0 saturated heterocycles. The molecule has 3 rings (SSSR count).